The molecule has 1 aliphatic heterocycles. The molecule has 5 rings (SSSR count). The second-order valence-electron chi connectivity index (χ2n) is 9.48. The van der Waals surface area contributed by atoms with Crippen LogP contribution in [0.4, 0.5) is 0 Å². The van der Waals surface area contributed by atoms with Gasteiger partial charge in [-0.3, -0.25) is 4.79 Å². The van der Waals surface area contributed by atoms with Crippen LogP contribution in [0.3, 0.4) is 0 Å². The van der Waals surface area contributed by atoms with Crippen molar-refractivity contribution < 1.29 is 4.79 Å². The molecule has 0 aromatic heterocycles. The molecule has 4 heteroatoms. The van der Waals surface area contributed by atoms with Gasteiger partial charge in [-0.2, -0.15) is 0 Å². The topological polar surface area (TPSA) is 32.3 Å². The maximum atomic E-state index is 12.4. The Kier molecular flexibility index (Phi) is 8.06. The van der Waals surface area contributed by atoms with E-state index in [1.807, 2.05) is 0 Å². The summed E-state index contributed by atoms with van der Waals surface area (Å²) in [4.78, 5) is 14.9. The number of fused-ring (bicyclic) bond motifs is 2. The number of piperidine rings is 1. The normalized spacial score (nSPS) is 18.7. The van der Waals surface area contributed by atoms with E-state index in [0.717, 1.165) is 45.3 Å². The third-order valence-electron chi connectivity index (χ3n) is 7.34. The second kappa shape index (κ2) is 11.2. The summed E-state index contributed by atoms with van der Waals surface area (Å²) >= 11 is 0. The maximum absolute atomic E-state index is 12.4. The van der Waals surface area contributed by atoms with Crippen LogP contribution in [0.1, 0.15) is 73.6 Å². The molecule has 0 spiro atoms. The number of hydrogen-bond acceptors (Lipinski definition) is 2. The number of nitrogens with one attached hydrogen (secondary N) is 1. The molecule has 174 valence electrons. The van der Waals surface area contributed by atoms with Crippen LogP contribution in [0.5, 0.6) is 0 Å². The van der Waals surface area contributed by atoms with Crippen LogP contribution in [0.25, 0.3) is 17.7 Å². The number of hydrogen-bond donors (Lipinski definition) is 1. The average molecular weight is 463 g/mol. The van der Waals surface area contributed by atoms with Gasteiger partial charge in [-0.15, -0.1) is 12.4 Å². The van der Waals surface area contributed by atoms with E-state index in [2.05, 4.69) is 70.9 Å². The van der Waals surface area contributed by atoms with E-state index < -0.39 is 0 Å². The van der Waals surface area contributed by atoms with Crippen molar-refractivity contribution in [1.29, 1.82) is 0 Å². The molecule has 2 fully saturated rings. The fraction of sp³-hybridized carbons (Fsp3) is 0.414. The lowest BCUT2D eigenvalue weighted by Gasteiger charge is -2.30. The number of likely N-dealkylation sites (tertiary alicyclic amines) is 1. The van der Waals surface area contributed by atoms with Gasteiger partial charge < -0.3 is 10.2 Å². The minimum Gasteiger partial charge on any atom is -0.353 e. The Morgan fingerprint density at radius 2 is 1.42 bits per heavy atom. The SMILES string of the molecule is Cl.O=C(CCN1CCC(=C2c3ccccc3C=Cc3ccccc32)CC1)NC1CCCCC1. The first-order chi connectivity index (χ1) is 15.8. The Bertz CT molecular complexity index is 974. The third kappa shape index (κ3) is 5.59. The van der Waals surface area contributed by atoms with Crippen molar-refractivity contribution in [2.24, 2.45) is 0 Å². The van der Waals surface area contributed by atoms with Crippen LogP contribution in [-0.4, -0.2) is 36.5 Å². The molecule has 33 heavy (non-hydrogen) atoms. The number of amides is 1. The molecular weight excluding hydrogens is 428 g/mol. The van der Waals surface area contributed by atoms with E-state index in [1.54, 1.807) is 5.57 Å². The van der Waals surface area contributed by atoms with Gasteiger partial charge in [-0.05, 0) is 53.5 Å². The molecule has 2 aromatic rings. The largest absolute Gasteiger partial charge is 0.353 e. The highest BCUT2D eigenvalue weighted by atomic mass is 35.5. The van der Waals surface area contributed by atoms with Crippen molar-refractivity contribution in [3.8, 4) is 0 Å². The highest BCUT2D eigenvalue weighted by Crippen LogP contribution is 2.38. The van der Waals surface area contributed by atoms with Gasteiger partial charge in [0.1, 0.15) is 0 Å². The number of nitrogens with zero attached hydrogens (tertiary/aromatic N) is 1. The van der Waals surface area contributed by atoms with E-state index in [9.17, 15) is 4.79 Å². The molecule has 2 aliphatic carbocycles. The number of halogens is 1. The van der Waals surface area contributed by atoms with Gasteiger partial charge in [0.25, 0.3) is 0 Å². The summed E-state index contributed by atoms with van der Waals surface area (Å²) in [5.41, 5.74) is 8.28. The molecule has 1 N–H and O–H groups in total. The molecule has 0 bridgehead atoms. The molecule has 0 atom stereocenters. The van der Waals surface area contributed by atoms with Gasteiger partial charge in [-0.1, -0.05) is 85.5 Å². The summed E-state index contributed by atoms with van der Waals surface area (Å²) in [5, 5.41) is 3.27. The van der Waals surface area contributed by atoms with Crippen LogP contribution in [0.15, 0.2) is 54.1 Å². The lowest BCUT2D eigenvalue weighted by molar-refractivity contribution is -0.122. The fourth-order valence-electron chi connectivity index (χ4n) is 5.55. The molecule has 1 saturated carbocycles. The molecule has 3 aliphatic rings. The lowest BCUT2D eigenvalue weighted by Crippen LogP contribution is -2.39. The van der Waals surface area contributed by atoms with Crippen LogP contribution in [0, 0.1) is 0 Å². The Hall–Kier alpha value is -2.36. The molecule has 2 aromatic carbocycles. The highest BCUT2D eigenvalue weighted by Gasteiger charge is 2.23. The minimum atomic E-state index is 0. The van der Waals surface area contributed by atoms with Crippen molar-refractivity contribution in [3.63, 3.8) is 0 Å². The third-order valence-corrected chi connectivity index (χ3v) is 7.34. The predicted octanol–water partition coefficient (Wildman–Crippen LogP) is 6.33. The zero-order chi connectivity index (χ0) is 21.8. The number of carbonyl (C=O) groups is 1. The molecule has 1 heterocycles. The zero-order valence-corrected chi connectivity index (χ0v) is 20.2. The van der Waals surface area contributed by atoms with Crippen LogP contribution in [0.2, 0.25) is 0 Å². The first kappa shape index (κ1) is 23.8. The first-order valence-electron chi connectivity index (χ1n) is 12.4. The molecule has 1 saturated heterocycles. The van der Waals surface area contributed by atoms with Crippen molar-refractivity contribution in [1.82, 2.24) is 10.2 Å². The van der Waals surface area contributed by atoms with Crippen molar-refractivity contribution in [3.05, 3.63) is 76.4 Å². The van der Waals surface area contributed by atoms with E-state index in [-0.39, 0.29) is 18.3 Å². The molecule has 0 unspecified atom stereocenters. The van der Waals surface area contributed by atoms with Gasteiger partial charge in [-0.25, -0.2) is 0 Å². The molecular formula is C29H35ClN2O. The minimum absolute atomic E-state index is 0. The number of carbonyl (C=O) groups excluding carboxylic acids is 1. The Balaban J connectivity index is 0.00000259. The molecule has 3 nitrogen and oxygen atoms in total. The van der Waals surface area contributed by atoms with Gasteiger partial charge in [0.05, 0.1) is 0 Å². The van der Waals surface area contributed by atoms with E-state index in [1.165, 1.54) is 47.1 Å². The fourth-order valence-corrected chi connectivity index (χ4v) is 5.55. The highest BCUT2D eigenvalue weighted by molar-refractivity contribution is 5.94. The average Bonchev–Trinajstić information content (AvgIpc) is 3.01. The lowest BCUT2D eigenvalue weighted by atomic mass is 9.86. The van der Waals surface area contributed by atoms with Crippen molar-refractivity contribution in [2.75, 3.05) is 19.6 Å². The van der Waals surface area contributed by atoms with Crippen LogP contribution < -0.4 is 5.32 Å². The van der Waals surface area contributed by atoms with E-state index in [4.69, 9.17) is 0 Å². The summed E-state index contributed by atoms with van der Waals surface area (Å²) in [7, 11) is 0. The van der Waals surface area contributed by atoms with E-state index in [0.29, 0.717) is 12.5 Å². The van der Waals surface area contributed by atoms with Gasteiger partial charge in [0, 0.05) is 32.1 Å². The van der Waals surface area contributed by atoms with Gasteiger partial charge in [0.15, 0.2) is 0 Å². The Labute approximate surface area is 204 Å². The molecule has 1 amide bonds. The summed E-state index contributed by atoms with van der Waals surface area (Å²) < 4.78 is 0. The molecule has 0 radical (unpaired) electrons. The van der Waals surface area contributed by atoms with Crippen LogP contribution in [-0.2, 0) is 4.79 Å². The Morgan fingerprint density at radius 1 is 0.848 bits per heavy atom. The zero-order valence-electron chi connectivity index (χ0n) is 19.4. The maximum Gasteiger partial charge on any atom is 0.221 e. The van der Waals surface area contributed by atoms with Gasteiger partial charge >= 0.3 is 0 Å². The summed E-state index contributed by atoms with van der Waals surface area (Å²) in [6.07, 6.45) is 13.4. The number of benzene rings is 2. The standard InChI is InChI=1S/C29H34N2O.ClH/c32-28(30-25-10-2-1-3-11-25)18-21-31-19-16-24(17-20-31)29-26-12-6-4-8-22(26)14-15-23-9-5-7-13-27(23)29;/h4-9,12-15,25H,1-3,10-11,16-21H2,(H,30,32);1H. The second-order valence-corrected chi connectivity index (χ2v) is 9.48. The first-order valence-corrected chi connectivity index (χ1v) is 12.4. The summed E-state index contributed by atoms with van der Waals surface area (Å²) in [5.74, 6) is 0.235. The summed E-state index contributed by atoms with van der Waals surface area (Å²) in [6, 6.07) is 18.0. The van der Waals surface area contributed by atoms with Gasteiger partial charge in [0.2, 0.25) is 5.91 Å². The monoisotopic (exact) mass is 462 g/mol. The number of rotatable bonds is 4. The van der Waals surface area contributed by atoms with Crippen molar-refractivity contribution >= 4 is 36.0 Å². The smallest absolute Gasteiger partial charge is 0.221 e. The summed E-state index contributed by atoms with van der Waals surface area (Å²) in [6.45, 7) is 2.94. The predicted molar refractivity (Wildman–Crippen MR) is 140 cm³/mol. The Morgan fingerprint density at radius 3 is 2.03 bits per heavy atom. The van der Waals surface area contributed by atoms with E-state index >= 15 is 0 Å². The van der Waals surface area contributed by atoms with Crippen molar-refractivity contribution in [2.45, 2.75) is 57.4 Å². The quantitative estimate of drug-likeness (QED) is 0.491. The van der Waals surface area contributed by atoms with Crippen LogP contribution >= 0.6 is 12.4 Å².